The van der Waals surface area contributed by atoms with Gasteiger partial charge < -0.3 is 14.8 Å². The maximum Gasteiger partial charge on any atom is 0.573 e. The van der Waals surface area contributed by atoms with Crippen LogP contribution in [0.3, 0.4) is 0 Å². The van der Waals surface area contributed by atoms with Crippen LogP contribution in [0.25, 0.3) is 0 Å². The van der Waals surface area contributed by atoms with Crippen molar-refractivity contribution in [3.05, 3.63) is 23.8 Å². The normalized spacial score (nSPS) is 18.0. The summed E-state index contributed by atoms with van der Waals surface area (Å²) in [6.45, 7) is 1.67. The SMILES string of the molecule is COc1ccc(OC(F)(F)F)cc1[C@H](CC(F)(F)F)N1CCNCC1. The Hall–Kier alpha value is -1.68. The molecule has 25 heavy (non-hydrogen) atoms. The average Bonchev–Trinajstić information content (AvgIpc) is 2.51. The van der Waals surface area contributed by atoms with Gasteiger partial charge in [0.1, 0.15) is 11.5 Å². The van der Waals surface area contributed by atoms with E-state index in [-0.39, 0.29) is 11.3 Å². The number of ether oxygens (including phenoxy) is 2. The lowest BCUT2D eigenvalue weighted by Crippen LogP contribution is -2.46. The lowest BCUT2D eigenvalue weighted by Gasteiger charge is -2.36. The quantitative estimate of drug-likeness (QED) is 0.803. The molecule has 1 aliphatic rings. The predicted molar refractivity (Wildman–Crippen MR) is 77.5 cm³/mol. The van der Waals surface area contributed by atoms with Gasteiger partial charge in [-0.05, 0) is 18.2 Å². The Morgan fingerprint density at radius 3 is 2.28 bits per heavy atom. The number of halogens is 6. The van der Waals surface area contributed by atoms with Crippen molar-refractivity contribution in [2.24, 2.45) is 0 Å². The number of hydrogen-bond acceptors (Lipinski definition) is 4. The van der Waals surface area contributed by atoms with Gasteiger partial charge in [-0.15, -0.1) is 13.2 Å². The first kappa shape index (κ1) is 19.6. The number of piperazine rings is 1. The minimum absolute atomic E-state index is 0.0171. The predicted octanol–water partition coefficient (Wildman–Crippen LogP) is 3.49. The van der Waals surface area contributed by atoms with Gasteiger partial charge in [0.15, 0.2) is 0 Å². The fourth-order valence-electron chi connectivity index (χ4n) is 2.82. The molecular formula is C15H18F6N2O2. The molecule has 0 amide bonds. The Balaban J connectivity index is 2.40. The van der Waals surface area contributed by atoms with Crippen LogP contribution < -0.4 is 14.8 Å². The molecule has 1 saturated heterocycles. The molecule has 1 heterocycles. The summed E-state index contributed by atoms with van der Waals surface area (Å²) in [7, 11) is 1.26. The van der Waals surface area contributed by atoms with Gasteiger partial charge in [0.2, 0.25) is 0 Å². The third-order valence-electron chi connectivity index (χ3n) is 3.81. The highest BCUT2D eigenvalue weighted by Crippen LogP contribution is 2.40. The van der Waals surface area contributed by atoms with Crippen molar-refractivity contribution in [1.82, 2.24) is 10.2 Å². The fraction of sp³-hybridized carbons (Fsp3) is 0.600. The minimum Gasteiger partial charge on any atom is -0.496 e. The second kappa shape index (κ2) is 7.69. The molecule has 142 valence electrons. The van der Waals surface area contributed by atoms with Crippen LogP contribution >= 0.6 is 0 Å². The second-order valence-corrected chi connectivity index (χ2v) is 5.57. The van der Waals surface area contributed by atoms with Crippen LogP contribution in [0.2, 0.25) is 0 Å². The van der Waals surface area contributed by atoms with Crippen molar-refractivity contribution in [1.29, 1.82) is 0 Å². The maximum absolute atomic E-state index is 13.1. The fourth-order valence-corrected chi connectivity index (χ4v) is 2.82. The zero-order valence-corrected chi connectivity index (χ0v) is 13.4. The van der Waals surface area contributed by atoms with Crippen LogP contribution in [0.15, 0.2) is 18.2 Å². The highest BCUT2D eigenvalue weighted by molar-refractivity contribution is 5.42. The number of benzene rings is 1. The van der Waals surface area contributed by atoms with Crippen LogP contribution in [-0.4, -0.2) is 50.7 Å². The van der Waals surface area contributed by atoms with E-state index in [1.807, 2.05) is 0 Å². The van der Waals surface area contributed by atoms with Crippen molar-refractivity contribution in [2.45, 2.75) is 25.0 Å². The highest BCUT2D eigenvalue weighted by atomic mass is 19.4. The Morgan fingerprint density at radius 1 is 1.12 bits per heavy atom. The Bertz CT molecular complexity index is 570. The number of nitrogens with zero attached hydrogens (tertiary/aromatic N) is 1. The molecule has 1 aromatic rings. The molecule has 0 aromatic heterocycles. The van der Waals surface area contributed by atoms with Gasteiger partial charge in [0.25, 0.3) is 0 Å². The molecule has 10 heteroatoms. The van der Waals surface area contributed by atoms with Crippen molar-refractivity contribution in [3.8, 4) is 11.5 Å². The monoisotopic (exact) mass is 372 g/mol. The zero-order chi connectivity index (χ0) is 18.7. The molecule has 1 N–H and O–H groups in total. The molecule has 1 atom stereocenters. The molecule has 4 nitrogen and oxygen atoms in total. The van der Waals surface area contributed by atoms with Crippen molar-refractivity contribution < 1.29 is 35.8 Å². The van der Waals surface area contributed by atoms with Crippen LogP contribution in [0.1, 0.15) is 18.0 Å². The van der Waals surface area contributed by atoms with Gasteiger partial charge >= 0.3 is 12.5 Å². The summed E-state index contributed by atoms with van der Waals surface area (Å²) < 4.78 is 85.4. The van der Waals surface area contributed by atoms with Crippen LogP contribution in [0, 0.1) is 0 Å². The van der Waals surface area contributed by atoms with E-state index in [9.17, 15) is 26.3 Å². The third-order valence-corrected chi connectivity index (χ3v) is 3.81. The highest BCUT2D eigenvalue weighted by Gasteiger charge is 2.38. The molecule has 0 bridgehead atoms. The number of rotatable bonds is 5. The molecule has 1 aliphatic heterocycles. The van der Waals surface area contributed by atoms with Crippen LogP contribution in [0.5, 0.6) is 11.5 Å². The first-order valence-electron chi connectivity index (χ1n) is 7.54. The second-order valence-electron chi connectivity index (χ2n) is 5.57. The first-order valence-corrected chi connectivity index (χ1v) is 7.54. The summed E-state index contributed by atoms with van der Waals surface area (Å²) in [6.07, 6.45) is -10.6. The van der Waals surface area contributed by atoms with Gasteiger partial charge in [-0.25, -0.2) is 0 Å². The van der Waals surface area contributed by atoms with Gasteiger partial charge in [-0.1, -0.05) is 0 Å². The van der Waals surface area contributed by atoms with E-state index in [4.69, 9.17) is 4.74 Å². The third kappa shape index (κ3) is 5.96. The van der Waals surface area contributed by atoms with Crippen LogP contribution in [-0.2, 0) is 0 Å². The van der Waals surface area contributed by atoms with Gasteiger partial charge in [-0.2, -0.15) is 13.2 Å². The standard InChI is InChI=1S/C15H18F6N2O2/c1-24-13-3-2-10(25-15(19,20)21)8-11(13)12(9-14(16,17)18)23-6-4-22-5-7-23/h2-3,8,12,22H,4-7,9H2,1H3/t12-/m0/s1. The number of nitrogens with one attached hydrogen (secondary N) is 1. The maximum atomic E-state index is 13.1. The molecule has 0 aliphatic carbocycles. The van der Waals surface area contributed by atoms with Crippen molar-refractivity contribution in [2.75, 3.05) is 33.3 Å². The molecule has 0 spiro atoms. The molecule has 0 saturated carbocycles. The topological polar surface area (TPSA) is 33.7 Å². The van der Waals surface area contributed by atoms with E-state index in [0.717, 1.165) is 12.1 Å². The first-order chi connectivity index (χ1) is 11.6. The molecule has 1 fully saturated rings. The lowest BCUT2D eigenvalue weighted by molar-refractivity contribution is -0.274. The molecule has 2 rings (SSSR count). The minimum atomic E-state index is -4.93. The average molecular weight is 372 g/mol. The van der Waals surface area contributed by atoms with E-state index in [2.05, 4.69) is 10.1 Å². The van der Waals surface area contributed by atoms with E-state index in [1.54, 1.807) is 4.90 Å². The summed E-state index contributed by atoms with van der Waals surface area (Å²) in [6, 6.07) is 2.00. The van der Waals surface area contributed by atoms with Gasteiger partial charge in [0.05, 0.1) is 13.5 Å². The summed E-state index contributed by atoms with van der Waals surface area (Å²) in [5.74, 6) is -0.493. The molecule has 1 aromatic carbocycles. The Morgan fingerprint density at radius 2 is 1.76 bits per heavy atom. The lowest BCUT2D eigenvalue weighted by atomic mass is 9.99. The zero-order valence-electron chi connectivity index (χ0n) is 13.4. The number of alkyl halides is 6. The van der Waals surface area contributed by atoms with E-state index in [0.29, 0.717) is 26.2 Å². The molecule has 0 unspecified atom stereocenters. The summed E-state index contributed by atoms with van der Waals surface area (Å²) >= 11 is 0. The van der Waals surface area contributed by atoms with Crippen molar-refractivity contribution in [3.63, 3.8) is 0 Å². The summed E-state index contributed by atoms with van der Waals surface area (Å²) in [4.78, 5) is 1.58. The van der Waals surface area contributed by atoms with Crippen molar-refractivity contribution >= 4 is 0 Å². The number of methoxy groups -OCH3 is 1. The van der Waals surface area contributed by atoms with Gasteiger partial charge in [0, 0.05) is 37.8 Å². The molecular weight excluding hydrogens is 354 g/mol. The molecule has 0 radical (unpaired) electrons. The largest absolute Gasteiger partial charge is 0.573 e. The Kier molecular flexibility index (Phi) is 6.04. The van der Waals surface area contributed by atoms with E-state index < -0.39 is 30.8 Å². The van der Waals surface area contributed by atoms with E-state index >= 15 is 0 Å². The van der Waals surface area contributed by atoms with Gasteiger partial charge in [-0.3, -0.25) is 4.90 Å². The van der Waals surface area contributed by atoms with Crippen LogP contribution in [0.4, 0.5) is 26.3 Å². The number of hydrogen-bond donors (Lipinski definition) is 1. The van der Waals surface area contributed by atoms with E-state index in [1.165, 1.54) is 13.2 Å². The Labute approximate surface area is 140 Å². The summed E-state index contributed by atoms with van der Waals surface area (Å²) in [5, 5.41) is 3.03. The summed E-state index contributed by atoms with van der Waals surface area (Å²) in [5.41, 5.74) is 0.0171. The smallest absolute Gasteiger partial charge is 0.496 e.